The van der Waals surface area contributed by atoms with E-state index in [-0.39, 0.29) is 6.61 Å². The first-order valence-electron chi connectivity index (χ1n) is 8.92. The van der Waals surface area contributed by atoms with Crippen LogP contribution in [-0.2, 0) is 11.3 Å². The van der Waals surface area contributed by atoms with Gasteiger partial charge in [0.15, 0.2) is 5.69 Å². The van der Waals surface area contributed by atoms with Crippen LogP contribution in [0.15, 0.2) is 60.8 Å². The number of imidazole rings is 1. The molecule has 0 spiro atoms. The SMILES string of the molecule is CCOC(=O)c1c(COc2ccc(C)cc2)nc2c3ccccc3ccn12. The molecule has 2 aromatic carbocycles. The summed E-state index contributed by atoms with van der Waals surface area (Å²) in [5.74, 6) is 0.333. The third-order valence-corrected chi connectivity index (χ3v) is 4.45. The molecular formula is C22H20N2O3. The van der Waals surface area contributed by atoms with Gasteiger partial charge in [-0.3, -0.25) is 4.40 Å². The standard InChI is InChI=1S/C22H20N2O3/c1-3-26-22(25)20-19(14-27-17-10-8-15(2)9-11-17)23-21-18-7-5-4-6-16(18)12-13-24(20)21/h4-13H,3,14H2,1-2H3. The largest absolute Gasteiger partial charge is 0.487 e. The van der Waals surface area contributed by atoms with Crippen LogP contribution in [0.25, 0.3) is 16.4 Å². The summed E-state index contributed by atoms with van der Waals surface area (Å²) in [6.45, 7) is 4.31. The Labute approximate surface area is 157 Å². The molecule has 27 heavy (non-hydrogen) atoms. The van der Waals surface area contributed by atoms with Crippen molar-refractivity contribution in [1.82, 2.24) is 9.38 Å². The predicted molar refractivity (Wildman–Crippen MR) is 104 cm³/mol. The highest BCUT2D eigenvalue weighted by atomic mass is 16.5. The highest BCUT2D eigenvalue weighted by Gasteiger charge is 2.22. The number of pyridine rings is 1. The van der Waals surface area contributed by atoms with Crippen LogP contribution in [0.4, 0.5) is 0 Å². The molecule has 0 radical (unpaired) electrons. The van der Waals surface area contributed by atoms with Gasteiger partial charge in [-0.05, 0) is 37.4 Å². The van der Waals surface area contributed by atoms with Crippen molar-refractivity contribution in [2.75, 3.05) is 6.61 Å². The number of esters is 1. The van der Waals surface area contributed by atoms with Gasteiger partial charge in [-0.25, -0.2) is 9.78 Å². The van der Waals surface area contributed by atoms with Gasteiger partial charge in [0.2, 0.25) is 0 Å². The van der Waals surface area contributed by atoms with Crippen LogP contribution >= 0.6 is 0 Å². The van der Waals surface area contributed by atoms with E-state index >= 15 is 0 Å². The van der Waals surface area contributed by atoms with E-state index in [4.69, 9.17) is 14.5 Å². The Morgan fingerprint density at radius 1 is 1.07 bits per heavy atom. The minimum absolute atomic E-state index is 0.188. The van der Waals surface area contributed by atoms with Gasteiger partial charge in [0.25, 0.3) is 0 Å². The lowest BCUT2D eigenvalue weighted by molar-refractivity contribution is 0.0515. The van der Waals surface area contributed by atoms with Gasteiger partial charge in [-0.1, -0.05) is 42.0 Å². The molecule has 0 N–H and O–H groups in total. The maximum absolute atomic E-state index is 12.6. The number of hydrogen-bond donors (Lipinski definition) is 0. The molecule has 4 aromatic rings. The fourth-order valence-electron chi connectivity index (χ4n) is 3.12. The van der Waals surface area contributed by atoms with Gasteiger partial charge >= 0.3 is 5.97 Å². The number of hydrogen-bond acceptors (Lipinski definition) is 4. The molecule has 0 bridgehead atoms. The summed E-state index contributed by atoms with van der Waals surface area (Å²) in [6, 6.07) is 17.7. The average molecular weight is 360 g/mol. The number of fused-ring (bicyclic) bond motifs is 3. The van der Waals surface area contributed by atoms with E-state index in [1.165, 1.54) is 0 Å². The van der Waals surface area contributed by atoms with Crippen LogP contribution in [0.2, 0.25) is 0 Å². The highest BCUT2D eigenvalue weighted by molar-refractivity contribution is 5.97. The van der Waals surface area contributed by atoms with Crippen molar-refractivity contribution < 1.29 is 14.3 Å². The van der Waals surface area contributed by atoms with E-state index in [0.29, 0.717) is 18.0 Å². The van der Waals surface area contributed by atoms with Gasteiger partial charge in [-0.15, -0.1) is 0 Å². The van der Waals surface area contributed by atoms with Crippen LogP contribution in [0.1, 0.15) is 28.7 Å². The number of ether oxygens (including phenoxy) is 2. The van der Waals surface area contributed by atoms with E-state index in [1.807, 2.05) is 67.7 Å². The fourth-order valence-corrected chi connectivity index (χ4v) is 3.12. The van der Waals surface area contributed by atoms with E-state index in [9.17, 15) is 4.79 Å². The Morgan fingerprint density at radius 2 is 1.85 bits per heavy atom. The van der Waals surface area contributed by atoms with Crippen molar-refractivity contribution in [3.63, 3.8) is 0 Å². The topological polar surface area (TPSA) is 52.8 Å². The summed E-state index contributed by atoms with van der Waals surface area (Å²) in [4.78, 5) is 17.3. The minimum atomic E-state index is -0.400. The van der Waals surface area contributed by atoms with Gasteiger partial charge in [-0.2, -0.15) is 0 Å². The first kappa shape index (κ1) is 17.1. The molecule has 5 heteroatoms. The molecule has 136 valence electrons. The minimum Gasteiger partial charge on any atom is -0.487 e. The third kappa shape index (κ3) is 3.24. The summed E-state index contributed by atoms with van der Waals surface area (Å²) in [5.41, 5.74) is 2.85. The van der Waals surface area contributed by atoms with Crippen molar-refractivity contribution in [3.05, 3.63) is 77.7 Å². The highest BCUT2D eigenvalue weighted by Crippen LogP contribution is 2.24. The number of benzene rings is 2. The number of aryl methyl sites for hydroxylation is 1. The molecule has 0 fully saturated rings. The van der Waals surface area contributed by atoms with Gasteiger partial charge in [0.05, 0.1) is 6.61 Å². The lowest BCUT2D eigenvalue weighted by Gasteiger charge is -2.07. The van der Waals surface area contributed by atoms with E-state index in [2.05, 4.69) is 0 Å². The normalized spacial score (nSPS) is 11.0. The second-order valence-electron chi connectivity index (χ2n) is 6.33. The second kappa shape index (κ2) is 7.11. The molecule has 2 heterocycles. The molecule has 0 saturated carbocycles. The summed E-state index contributed by atoms with van der Waals surface area (Å²) < 4.78 is 12.9. The molecule has 0 amide bonds. The van der Waals surface area contributed by atoms with E-state index < -0.39 is 5.97 Å². The fraction of sp³-hybridized carbons (Fsp3) is 0.182. The maximum atomic E-state index is 12.6. The van der Waals surface area contributed by atoms with Gasteiger partial charge in [0, 0.05) is 11.6 Å². The van der Waals surface area contributed by atoms with Crippen LogP contribution < -0.4 is 4.74 Å². The monoisotopic (exact) mass is 360 g/mol. The molecule has 0 unspecified atom stereocenters. The molecule has 0 aliphatic heterocycles. The zero-order valence-corrected chi connectivity index (χ0v) is 15.3. The quantitative estimate of drug-likeness (QED) is 0.490. The average Bonchev–Trinajstić information content (AvgIpc) is 3.07. The predicted octanol–water partition coefficient (Wildman–Crippen LogP) is 4.55. The lowest BCUT2D eigenvalue weighted by atomic mass is 10.2. The van der Waals surface area contributed by atoms with Gasteiger partial charge in [0.1, 0.15) is 23.7 Å². The number of rotatable bonds is 5. The number of carbonyl (C=O) groups is 1. The zero-order valence-electron chi connectivity index (χ0n) is 15.3. The van der Waals surface area contributed by atoms with Crippen LogP contribution in [0.3, 0.4) is 0 Å². The number of nitrogens with zero attached hydrogens (tertiary/aromatic N) is 2. The Bertz CT molecular complexity index is 1110. The van der Waals surface area contributed by atoms with Crippen LogP contribution in [0, 0.1) is 6.92 Å². The van der Waals surface area contributed by atoms with E-state index in [1.54, 1.807) is 11.3 Å². The van der Waals surface area contributed by atoms with Crippen molar-refractivity contribution in [3.8, 4) is 5.75 Å². The molecule has 0 aliphatic rings. The molecule has 0 saturated heterocycles. The summed E-state index contributed by atoms with van der Waals surface area (Å²) in [6.07, 6.45) is 1.85. The Morgan fingerprint density at radius 3 is 2.63 bits per heavy atom. The van der Waals surface area contributed by atoms with E-state index in [0.717, 1.165) is 27.7 Å². The first-order chi connectivity index (χ1) is 13.2. The van der Waals surface area contributed by atoms with Crippen molar-refractivity contribution in [1.29, 1.82) is 0 Å². The Balaban J connectivity index is 1.79. The molecule has 0 aliphatic carbocycles. The smallest absolute Gasteiger partial charge is 0.357 e. The molecule has 2 aromatic heterocycles. The van der Waals surface area contributed by atoms with Crippen molar-refractivity contribution in [2.45, 2.75) is 20.5 Å². The zero-order chi connectivity index (χ0) is 18.8. The van der Waals surface area contributed by atoms with Crippen LogP contribution in [-0.4, -0.2) is 22.0 Å². The molecular weight excluding hydrogens is 340 g/mol. The lowest BCUT2D eigenvalue weighted by Crippen LogP contribution is -2.12. The second-order valence-corrected chi connectivity index (χ2v) is 6.33. The Hall–Kier alpha value is -3.34. The molecule has 0 atom stereocenters. The Kier molecular flexibility index (Phi) is 4.50. The number of carbonyl (C=O) groups excluding carboxylic acids is 1. The maximum Gasteiger partial charge on any atom is 0.357 e. The van der Waals surface area contributed by atoms with Crippen molar-refractivity contribution in [2.24, 2.45) is 0 Å². The van der Waals surface area contributed by atoms with Crippen molar-refractivity contribution >= 4 is 22.4 Å². The molecule has 5 nitrogen and oxygen atoms in total. The number of aromatic nitrogens is 2. The molecule has 4 rings (SSSR count). The summed E-state index contributed by atoms with van der Waals surface area (Å²) in [5, 5.41) is 2.04. The first-order valence-corrected chi connectivity index (χ1v) is 8.92. The summed E-state index contributed by atoms with van der Waals surface area (Å²) >= 11 is 0. The van der Waals surface area contributed by atoms with Gasteiger partial charge < -0.3 is 9.47 Å². The third-order valence-electron chi connectivity index (χ3n) is 4.45. The van der Waals surface area contributed by atoms with Crippen LogP contribution in [0.5, 0.6) is 5.75 Å². The summed E-state index contributed by atoms with van der Waals surface area (Å²) in [7, 11) is 0.